The number of rotatable bonds is 7. The van der Waals surface area contributed by atoms with Crippen molar-refractivity contribution < 1.29 is 14.6 Å². The number of primary amides is 1. The van der Waals surface area contributed by atoms with E-state index in [4.69, 9.17) is 10.5 Å². The smallest absolute Gasteiger partial charge is 0.248 e. The lowest BCUT2D eigenvalue weighted by Crippen LogP contribution is -2.24. The number of hydrogen-bond donors (Lipinski definition) is 2. The molecule has 1 heterocycles. The Morgan fingerprint density at radius 1 is 1.16 bits per heavy atom. The molecule has 0 aliphatic carbocycles. The number of carbonyl (C=O) groups excluding carboxylic acids is 1. The van der Waals surface area contributed by atoms with E-state index in [9.17, 15) is 9.90 Å². The van der Waals surface area contributed by atoms with Gasteiger partial charge in [-0.25, -0.2) is 0 Å². The molecule has 0 spiro atoms. The zero-order valence-electron chi connectivity index (χ0n) is 13.3. The van der Waals surface area contributed by atoms with Gasteiger partial charge in [0.15, 0.2) is 0 Å². The molecule has 1 atom stereocenters. The van der Waals surface area contributed by atoms with Crippen LogP contribution in [0.1, 0.15) is 10.4 Å². The SMILES string of the molecule is NC(=O)c1ccc(-c2nnn(CC(O)COc3ccccc3)n2)cc1. The van der Waals surface area contributed by atoms with Crippen molar-refractivity contribution in [2.75, 3.05) is 6.61 Å². The third-order valence-corrected chi connectivity index (χ3v) is 3.44. The highest BCUT2D eigenvalue weighted by molar-refractivity contribution is 5.93. The molecule has 0 saturated heterocycles. The van der Waals surface area contributed by atoms with Crippen LogP contribution in [-0.2, 0) is 6.54 Å². The lowest BCUT2D eigenvalue weighted by atomic mass is 10.1. The number of para-hydroxylation sites is 1. The van der Waals surface area contributed by atoms with Crippen molar-refractivity contribution in [2.45, 2.75) is 12.6 Å². The predicted molar refractivity (Wildman–Crippen MR) is 89.7 cm³/mol. The largest absolute Gasteiger partial charge is 0.491 e. The van der Waals surface area contributed by atoms with E-state index in [1.165, 1.54) is 4.80 Å². The number of aromatic nitrogens is 4. The van der Waals surface area contributed by atoms with Crippen molar-refractivity contribution in [3.8, 4) is 17.1 Å². The molecule has 0 saturated carbocycles. The van der Waals surface area contributed by atoms with E-state index in [0.717, 1.165) is 0 Å². The topological polar surface area (TPSA) is 116 Å². The van der Waals surface area contributed by atoms with E-state index in [2.05, 4.69) is 15.4 Å². The molecular formula is C17H17N5O3. The zero-order valence-corrected chi connectivity index (χ0v) is 13.3. The third-order valence-electron chi connectivity index (χ3n) is 3.44. The maximum absolute atomic E-state index is 11.1. The summed E-state index contributed by atoms with van der Waals surface area (Å²) >= 11 is 0. The molecule has 0 radical (unpaired) electrons. The van der Waals surface area contributed by atoms with E-state index in [0.29, 0.717) is 22.7 Å². The van der Waals surface area contributed by atoms with Crippen molar-refractivity contribution >= 4 is 5.91 Å². The molecule has 0 aliphatic rings. The predicted octanol–water partition coefficient (Wildman–Crippen LogP) is 0.879. The Morgan fingerprint density at radius 2 is 1.88 bits per heavy atom. The average molecular weight is 339 g/mol. The normalized spacial score (nSPS) is 11.9. The fourth-order valence-corrected chi connectivity index (χ4v) is 2.17. The van der Waals surface area contributed by atoms with Gasteiger partial charge in [-0.05, 0) is 29.5 Å². The number of hydrogen-bond acceptors (Lipinski definition) is 6. The number of aliphatic hydroxyl groups is 1. The first-order valence-corrected chi connectivity index (χ1v) is 7.66. The first-order chi connectivity index (χ1) is 12.1. The van der Waals surface area contributed by atoms with Crippen LogP contribution in [0.25, 0.3) is 11.4 Å². The van der Waals surface area contributed by atoms with Gasteiger partial charge in [-0.1, -0.05) is 30.3 Å². The van der Waals surface area contributed by atoms with E-state index in [1.54, 1.807) is 24.3 Å². The molecule has 1 unspecified atom stereocenters. The minimum atomic E-state index is -0.778. The summed E-state index contributed by atoms with van der Waals surface area (Å²) < 4.78 is 5.48. The summed E-state index contributed by atoms with van der Waals surface area (Å²) in [7, 11) is 0. The van der Waals surface area contributed by atoms with Gasteiger partial charge in [0.1, 0.15) is 18.5 Å². The zero-order chi connectivity index (χ0) is 17.6. The van der Waals surface area contributed by atoms with Crippen LogP contribution >= 0.6 is 0 Å². The van der Waals surface area contributed by atoms with Gasteiger partial charge in [0, 0.05) is 11.1 Å². The van der Waals surface area contributed by atoms with E-state index in [-0.39, 0.29) is 13.2 Å². The second-order valence-corrected chi connectivity index (χ2v) is 5.39. The maximum Gasteiger partial charge on any atom is 0.248 e. The summed E-state index contributed by atoms with van der Waals surface area (Å²) in [4.78, 5) is 12.4. The standard InChI is InChI=1S/C17H17N5O3/c18-16(24)12-6-8-13(9-7-12)17-19-21-22(20-17)10-14(23)11-25-15-4-2-1-3-5-15/h1-9,14,23H,10-11H2,(H2,18,24). The minimum Gasteiger partial charge on any atom is -0.491 e. The highest BCUT2D eigenvalue weighted by Crippen LogP contribution is 2.14. The first kappa shape index (κ1) is 16.6. The second-order valence-electron chi connectivity index (χ2n) is 5.39. The van der Waals surface area contributed by atoms with Gasteiger partial charge >= 0.3 is 0 Å². The Bertz CT molecular complexity index is 833. The molecule has 3 aromatic rings. The van der Waals surface area contributed by atoms with E-state index < -0.39 is 12.0 Å². The minimum absolute atomic E-state index is 0.119. The first-order valence-electron chi connectivity index (χ1n) is 7.66. The summed E-state index contributed by atoms with van der Waals surface area (Å²) in [6.45, 7) is 0.271. The Balaban J connectivity index is 1.58. The van der Waals surface area contributed by atoms with Crippen LogP contribution in [0.3, 0.4) is 0 Å². The number of amides is 1. The number of nitrogens with zero attached hydrogens (tertiary/aromatic N) is 4. The van der Waals surface area contributed by atoms with Crippen molar-refractivity contribution in [3.05, 3.63) is 60.2 Å². The molecule has 8 nitrogen and oxygen atoms in total. The van der Waals surface area contributed by atoms with Crippen LogP contribution in [0, 0.1) is 0 Å². The molecule has 3 N–H and O–H groups in total. The fraction of sp³-hybridized carbons (Fsp3) is 0.176. The second kappa shape index (κ2) is 7.54. The van der Waals surface area contributed by atoms with Gasteiger partial charge in [-0.15, -0.1) is 10.2 Å². The molecule has 25 heavy (non-hydrogen) atoms. The molecule has 1 amide bonds. The number of ether oxygens (including phenoxy) is 1. The molecule has 3 rings (SSSR count). The number of nitrogens with two attached hydrogens (primary N) is 1. The summed E-state index contributed by atoms with van der Waals surface area (Å²) in [6, 6.07) is 15.8. The van der Waals surface area contributed by atoms with Crippen LogP contribution in [0.4, 0.5) is 0 Å². The van der Waals surface area contributed by atoms with Crippen LogP contribution in [-0.4, -0.2) is 43.9 Å². The summed E-state index contributed by atoms with van der Waals surface area (Å²) in [5.74, 6) is 0.584. The van der Waals surface area contributed by atoms with Crippen LogP contribution < -0.4 is 10.5 Å². The van der Waals surface area contributed by atoms with Crippen molar-refractivity contribution in [3.63, 3.8) is 0 Å². The van der Waals surface area contributed by atoms with Crippen LogP contribution in [0.2, 0.25) is 0 Å². The number of carbonyl (C=O) groups is 1. The molecule has 1 aromatic heterocycles. The molecule has 128 valence electrons. The van der Waals surface area contributed by atoms with Gasteiger partial charge in [0.05, 0.1) is 6.54 Å². The summed E-state index contributed by atoms with van der Waals surface area (Å²) in [5, 5.41) is 22.1. The van der Waals surface area contributed by atoms with Crippen molar-refractivity contribution in [2.24, 2.45) is 5.73 Å². The average Bonchev–Trinajstić information content (AvgIpc) is 3.09. The Hall–Kier alpha value is -3.26. The highest BCUT2D eigenvalue weighted by atomic mass is 16.5. The molecule has 0 aliphatic heterocycles. The van der Waals surface area contributed by atoms with Crippen LogP contribution in [0.15, 0.2) is 54.6 Å². The Labute approximate surface area is 143 Å². The highest BCUT2D eigenvalue weighted by Gasteiger charge is 2.11. The lowest BCUT2D eigenvalue weighted by molar-refractivity contribution is 0.0850. The number of tetrazole rings is 1. The van der Waals surface area contributed by atoms with E-state index >= 15 is 0 Å². The Morgan fingerprint density at radius 3 is 2.56 bits per heavy atom. The monoisotopic (exact) mass is 339 g/mol. The molecule has 2 aromatic carbocycles. The van der Waals surface area contributed by atoms with Crippen LogP contribution in [0.5, 0.6) is 5.75 Å². The summed E-state index contributed by atoms with van der Waals surface area (Å²) in [6.07, 6.45) is -0.778. The molecular weight excluding hydrogens is 322 g/mol. The number of aliphatic hydroxyl groups excluding tert-OH is 1. The molecule has 8 heteroatoms. The van der Waals surface area contributed by atoms with E-state index in [1.807, 2.05) is 30.3 Å². The maximum atomic E-state index is 11.1. The van der Waals surface area contributed by atoms with Gasteiger partial charge in [-0.3, -0.25) is 4.79 Å². The third kappa shape index (κ3) is 4.39. The Kier molecular flexibility index (Phi) is 5.00. The van der Waals surface area contributed by atoms with Gasteiger partial charge in [0.25, 0.3) is 0 Å². The molecule has 0 bridgehead atoms. The van der Waals surface area contributed by atoms with Crippen molar-refractivity contribution in [1.82, 2.24) is 20.2 Å². The quantitative estimate of drug-likeness (QED) is 0.660. The van der Waals surface area contributed by atoms with Gasteiger partial charge in [-0.2, -0.15) is 4.80 Å². The number of benzene rings is 2. The van der Waals surface area contributed by atoms with Crippen molar-refractivity contribution in [1.29, 1.82) is 0 Å². The lowest BCUT2D eigenvalue weighted by Gasteiger charge is -2.11. The molecule has 0 fully saturated rings. The van der Waals surface area contributed by atoms with Gasteiger partial charge < -0.3 is 15.6 Å². The fourth-order valence-electron chi connectivity index (χ4n) is 2.17. The summed E-state index contributed by atoms with van der Waals surface area (Å²) in [5.41, 5.74) is 6.31. The van der Waals surface area contributed by atoms with Gasteiger partial charge in [0.2, 0.25) is 11.7 Å².